The summed E-state index contributed by atoms with van der Waals surface area (Å²) in [4.78, 5) is 26.0. The summed E-state index contributed by atoms with van der Waals surface area (Å²) in [7, 11) is -3.82. The number of aromatic nitrogens is 1. The Labute approximate surface area is 154 Å². The fourth-order valence-electron chi connectivity index (χ4n) is 2.30. The highest BCUT2D eigenvalue weighted by Gasteiger charge is 2.19. The lowest BCUT2D eigenvalue weighted by atomic mass is 10.2. The third kappa shape index (κ3) is 3.98. The summed E-state index contributed by atoms with van der Waals surface area (Å²) in [6, 6.07) is 13.5. The third-order valence-corrected chi connectivity index (χ3v) is 5.49. The minimum absolute atomic E-state index is 0.00994. The average molecular weight is 383 g/mol. The molecule has 8 nitrogen and oxygen atoms in total. The van der Waals surface area contributed by atoms with Gasteiger partial charge in [-0.15, -0.1) is 0 Å². The van der Waals surface area contributed by atoms with Crippen molar-refractivity contribution in [3.05, 3.63) is 88.7 Å². The number of benzene rings is 2. The molecule has 1 aromatic heterocycles. The maximum absolute atomic E-state index is 12.6. The van der Waals surface area contributed by atoms with E-state index in [0.717, 1.165) is 12.1 Å². The number of pyridine rings is 1. The molecule has 0 aliphatic rings. The first kappa shape index (κ1) is 18.2. The van der Waals surface area contributed by atoms with Crippen LogP contribution in [-0.2, 0) is 9.84 Å². The number of nitrogens with zero attached hydrogens (tertiary/aromatic N) is 2. The van der Waals surface area contributed by atoms with Gasteiger partial charge in [0.2, 0.25) is 9.84 Å². The van der Waals surface area contributed by atoms with E-state index in [1.165, 1.54) is 42.6 Å². The number of carbonyl (C=O) groups excluding carboxylic acids is 1. The Balaban J connectivity index is 1.79. The molecule has 0 saturated heterocycles. The molecule has 3 aromatic rings. The number of carbonyl (C=O) groups is 1. The molecule has 1 N–H and O–H groups in total. The Kier molecular flexibility index (Phi) is 4.95. The first-order chi connectivity index (χ1) is 12.9. The van der Waals surface area contributed by atoms with Crippen molar-refractivity contribution in [3.63, 3.8) is 0 Å². The molecule has 0 aliphatic carbocycles. The molecule has 0 bridgehead atoms. The fourth-order valence-corrected chi connectivity index (χ4v) is 3.56. The zero-order valence-corrected chi connectivity index (χ0v) is 14.6. The van der Waals surface area contributed by atoms with Crippen LogP contribution in [0.3, 0.4) is 0 Å². The lowest BCUT2D eigenvalue weighted by Crippen LogP contribution is -2.12. The minimum atomic E-state index is -3.82. The normalized spacial score (nSPS) is 11.0. The maximum atomic E-state index is 12.6. The van der Waals surface area contributed by atoms with Crippen molar-refractivity contribution >= 4 is 27.1 Å². The number of nitro groups is 1. The van der Waals surface area contributed by atoms with Crippen molar-refractivity contribution in [2.75, 3.05) is 5.32 Å². The first-order valence-electron chi connectivity index (χ1n) is 7.69. The van der Waals surface area contributed by atoms with Crippen molar-refractivity contribution < 1.29 is 18.1 Å². The zero-order valence-electron chi connectivity index (χ0n) is 13.8. The second-order valence-corrected chi connectivity index (χ2v) is 7.42. The predicted molar refractivity (Wildman–Crippen MR) is 97.2 cm³/mol. The van der Waals surface area contributed by atoms with Crippen LogP contribution in [0, 0.1) is 10.1 Å². The van der Waals surface area contributed by atoms with Gasteiger partial charge in [-0.2, -0.15) is 0 Å². The van der Waals surface area contributed by atoms with Crippen molar-refractivity contribution in [1.29, 1.82) is 0 Å². The molecule has 27 heavy (non-hydrogen) atoms. The number of nitro benzene ring substituents is 1. The molecule has 0 unspecified atom stereocenters. The van der Waals surface area contributed by atoms with Gasteiger partial charge < -0.3 is 5.32 Å². The number of sulfone groups is 1. The summed E-state index contributed by atoms with van der Waals surface area (Å²) in [5.74, 6) is -0.367. The van der Waals surface area contributed by atoms with Gasteiger partial charge in [-0.05, 0) is 48.5 Å². The molecule has 1 amide bonds. The summed E-state index contributed by atoms with van der Waals surface area (Å²) >= 11 is 0. The second kappa shape index (κ2) is 7.34. The van der Waals surface area contributed by atoms with E-state index in [2.05, 4.69) is 10.3 Å². The first-order valence-corrected chi connectivity index (χ1v) is 9.17. The highest BCUT2D eigenvalue weighted by Crippen LogP contribution is 2.24. The molecule has 0 saturated carbocycles. The van der Waals surface area contributed by atoms with Gasteiger partial charge in [0.1, 0.15) is 0 Å². The van der Waals surface area contributed by atoms with Crippen LogP contribution in [0.25, 0.3) is 0 Å². The van der Waals surface area contributed by atoms with Crippen molar-refractivity contribution in [3.8, 4) is 0 Å². The average Bonchev–Trinajstić information content (AvgIpc) is 2.69. The van der Waals surface area contributed by atoms with Crippen molar-refractivity contribution in [2.45, 2.75) is 9.79 Å². The van der Waals surface area contributed by atoms with Gasteiger partial charge in [0.15, 0.2) is 0 Å². The van der Waals surface area contributed by atoms with Gasteiger partial charge in [-0.1, -0.05) is 0 Å². The summed E-state index contributed by atoms with van der Waals surface area (Å²) in [5, 5.41) is 13.3. The quantitative estimate of drug-likeness (QED) is 0.534. The SMILES string of the molecule is O=C(Nc1ccc(S(=O)(=O)c2ccc([N+](=O)[O-])cc2)cc1)c1cccnc1. The van der Waals surface area contributed by atoms with Crippen LogP contribution < -0.4 is 5.32 Å². The zero-order chi connectivity index (χ0) is 19.4. The smallest absolute Gasteiger partial charge is 0.269 e. The van der Waals surface area contributed by atoms with Gasteiger partial charge in [0.05, 0.1) is 20.3 Å². The van der Waals surface area contributed by atoms with E-state index >= 15 is 0 Å². The Hall–Kier alpha value is -3.59. The van der Waals surface area contributed by atoms with E-state index in [1.54, 1.807) is 18.3 Å². The van der Waals surface area contributed by atoms with E-state index in [9.17, 15) is 23.3 Å². The molecule has 1 heterocycles. The highest BCUT2D eigenvalue weighted by molar-refractivity contribution is 7.91. The molecule has 2 aromatic carbocycles. The number of hydrogen-bond donors (Lipinski definition) is 1. The standard InChI is InChI=1S/C18H13N3O5S/c22-18(13-2-1-11-19-12-13)20-14-3-7-16(8-4-14)27(25,26)17-9-5-15(6-10-17)21(23)24/h1-12H,(H,20,22). The van der Waals surface area contributed by atoms with E-state index in [1.807, 2.05) is 0 Å². The lowest BCUT2D eigenvalue weighted by Gasteiger charge is -2.07. The van der Waals surface area contributed by atoms with E-state index in [4.69, 9.17) is 0 Å². The van der Waals surface area contributed by atoms with E-state index in [-0.39, 0.29) is 21.4 Å². The molecule has 136 valence electrons. The van der Waals surface area contributed by atoms with Crippen LogP contribution in [0.15, 0.2) is 82.8 Å². The summed E-state index contributed by atoms with van der Waals surface area (Å²) < 4.78 is 25.2. The van der Waals surface area contributed by atoms with Gasteiger partial charge in [0.25, 0.3) is 11.6 Å². The van der Waals surface area contributed by atoms with Gasteiger partial charge >= 0.3 is 0 Å². The fraction of sp³-hybridized carbons (Fsp3) is 0. The van der Waals surface area contributed by atoms with Gasteiger partial charge in [0, 0.05) is 30.2 Å². The topological polar surface area (TPSA) is 119 Å². The Morgan fingerprint density at radius 2 is 1.56 bits per heavy atom. The van der Waals surface area contributed by atoms with Crippen LogP contribution in [0.2, 0.25) is 0 Å². The molecule has 0 spiro atoms. The molecule has 0 radical (unpaired) electrons. The third-order valence-electron chi connectivity index (χ3n) is 3.70. The highest BCUT2D eigenvalue weighted by atomic mass is 32.2. The molecule has 3 rings (SSSR count). The van der Waals surface area contributed by atoms with Crippen LogP contribution >= 0.6 is 0 Å². The second-order valence-electron chi connectivity index (χ2n) is 5.47. The Bertz CT molecular complexity index is 1080. The van der Waals surface area contributed by atoms with Crippen molar-refractivity contribution in [2.24, 2.45) is 0 Å². The van der Waals surface area contributed by atoms with Gasteiger partial charge in [-0.3, -0.25) is 19.9 Å². The number of nitrogens with one attached hydrogen (secondary N) is 1. The number of rotatable bonds is 5. The summed E-state index contributed by atoms with van der Waals surface area (Å²) in [6.07, 6.45) is 2.97. The van der Waals surface area contributed by atoms with E-state index < -0.39 is 14.8 Å². The Morgan fingerprint density at radius 3 is 2.07 bits per heavy atom. The van der Waals surface area contributed by atoms with Crippen LogP contribution in [0.4, 0.5) is 11.4 Å². The largest absolute Gasteiger partial charge is 0.322 e. The van der Waals surface area contributed by atoms with Crippen molar-refractivity contribution in [1.82, 2.24) is 4.98 Å². The summed E-state index contributed by atoms with van der Waals surface area (Å²) in [5.41, 5.74) is 0.606. The number of anilines is 1. The number of amides is 1. The minimum Gasteiger partial charge on any atom is -0.322 e. The predicted octanol–water partition coefficient (Wildman–Crippen LogP) is 3.07. The Morgan fingerprint density at radius 1 is 0.963 bits per heavy atom. The lowest BCUT2D eigenvalue weighted by molar-refractivity contribution is -0.384. The molecule has 0 aliphatic heterocycles. The van der Waals surface area contributed by atoms with Crippen LogP contribution in [0.1, 0.15) is 10.4 Å². The molecule has 0 atom stereocenters. The van der Waals surface area contributed by atoms with E-state index in [0.29, 0.717) is 11.3 Å². The number of hydrogen-bond acceptors (Lipinski definition) is 6. The van der Waals surface area contributed by atoms with Crippen LogP contribution in [0.5, 0.6) is 0 Å². The number of non-ortho nitro benzene ring substituents is 1. The monoisotopic (exact) mass is 383 g/mol. The van der Waals surface area contributed by atoms with Gasteiger partial charge in [-0.25, -0.2) is 8.42 Å². The molecule has 9 heteroatoms. The maximum Gasteiger partial charge on any atom is 0.269 e. The summed E-state index contributed by atoms with van der Waals surface area (Å²) in [6.45, 7) is 0. The molecular formula is C18H13N3O5S. The molecular weight excluding hydrogens is 370 g/mol. The molecule has 0 fully saturated rings. The van der Waals surface area contributed by atoms with Crippen LogP contribution in [-0.4, -0.2) is 24.2 Å².